The van der Waals surface area contributed by atoms with Crippen LogP contribution in [0.3, 0.4) is 0 Å². The van der Waals surface area contributed by atoms with E-state index >= 15 is 0 Å². The van der Waals surface area contributed by atoms with Crippen LogP contribution in [0.15, 0.2) is 49.2 Å². The molecule has 0 spiro atoms. The number of carbonyl (C=O) groups is 3. The van der Waals surface area contributed by atoms with E-state index in [-0.39, 0.29) is 0 Å². The largest absolute Gasteiger partial charge is 0.481 e. The third kappa shape index (κ3) is 5.97. The Bertz CT molecular complexity index is 1330. The van der Waals surface area contributed by atoms with Crippen LogP contribution >= 0.6 is 0 Å². The van der Waals surface area contributed by atoms with E-state index in [0.717, 1.165) is 31.9 Å². The molecule has 0 fully saturated rings. The summed E-state index contributed by atoms with van der Waals surface area (Å²) in [6.07, 6.45) is 2.70. The van der Waals surface area contributed by atoms with Crippen LogP contribution in [0.5, 0.6) is 0 Å². The molecule has 0 amide bonds. The number of fused-ring (bicyclic) bond motifs is 2. The first-order valence-corrected chi connectivity index (χ1v) is 11.7. The smallest absolute Gasteiger partial charge is 0.336 e. The van der Waals surface area contributed by atoms with Gasteiger partial charge in [0.05, 0.1) is 18.4 Å². The van der Waals surface area contributed by atoms with Crippen LogP contribution in [0.2, 0.25) is 0 Å². The number of allylic oxidation sites excluding steroid dienone is 1. The maximum absolute atomic E-state index is 10.3. The van der Waals surface area contributed by atoms with Crippen molar-refractivity contribution < 1.29 is 34.8 Å². The lowest BCUT2D eigenvalue weighted by molar-refractivity contribution is -0.170. The molecule has 0 unspecified atom stereocenters. The molecule has 10 nitrogen and oxygen atoms in total. The molecule has 0 atom stereocenters. The molecule has 0 aliphatic carbocycles. The Labute approximate surface area is 214 Å². The van der Waals surface area contributed by atoms with Gasteiger partial charge < -0.3 is 29.9 Å². The lowest BCUT2D eigenvalue weighted by atomic mass is 9.96. The lowest BCUT2D eigenvalue weighted by Gasteiger charge is -2.30. The predicted octanol–water partition coefficient (Wildman–Crippen LogP) is 3.15. The molecule has 0 saturated carbocycles. The molecule has 4 N–H and O–H groups in total. The predicted molar refractivity (Wildman–Crippen MR) is 138 cm³/mol. The van der Waals surface area contributed by atoms with E-state index in [1.54, 1.807) is 0 Å². The fraction of sp³-hybridized carbons (Fsp3) is 0.333. The van der Waals surface area contributed by atoms with Crippen LogP contribution in [0, 0.1) is 13.8 Å². The maximum atomic E-state index is 10.3. The Hall–Kier alpha value is -4.18. The van der Waals surface area contributed by atoms with Crippen molar-refractivity contribution in [2.75, 3.05) is 11.4 Å². The van der Waals surface area contributed by atoms with Crippen molar-refractivity contribution >= 4 is 34.6 Å². The fourth-order valence-electron chi connectivity index (χ4n) is 4.56. The Morgan fingerprint density at radius 1 is 1.05 bits per heavy atom. The van der Waals surface area contributed by atoms with Gasteiger partial charge in [-0.1, -0.05) is 30.3 Å². The van der Waals surface area contributed by atoms with Gasteiger partial charge >= 0.3 is 17.9 Å². The van der Waals surface area contributed by atoms with Crippen molar-refractivity contribution in [2.24, 2.45) is 0 Å². The minimum absolute atomic E-state index is 0.819. The normalized spacial score (nSPS) is 12.9. The number of hydrogen-bond acceptors (Lipinski definition) is 6. The maximum Gasteiger partial charge on any atom is 0.336 e. The number of carboxylic acids is 3. The van der Waals surface area contributed by atoms with Gasteiger partial charge in [0.2, 0.25) is 0 Å². The molecule has 37 heavy (non-hydrogen) atoms. The van der Waals surface area contributed by atoms with Gasteiger partial charge in [-0.3, -0.25) is 9.59 Å². The number of rotatable bonds is 8. The number of anilines is 1. The van der Waals surface area contributed by atoms with Crippen molar-refractivity contribution in [2.45, 2.75) is 51.8 Å². The molecule has 0 radical (unpaired) electrons. The molecule has 1 aliphatic rings. The summed E-state index contributed by atoms with van der Waals surface area (Å²) in [7, 11) is 0. The zero-order valence-electron chi connectivity index (χ0n) is 20.8. The summed E-state index contributed by atoms with van der Waals surface area (Å²) < 4.78 is 2.35. The molecule has 3 aromatic rings. The van der Waals surface area contributed by atoms with Gasteiger partial charge in [-0.2, -0.15) is 0 Å². The van der Waals surface area contributed by atoms with Gasteiger partial charge in [-0.25, -0.2) is 9.78 Å². The monoisotopic (exact) mass is 509 g/mol. The van der Waals surface area contributed by atoms with Crippen LogP contribution in [0.25, 0.3) is 10.9 Å². The van der Waals surface area contributed by atoms with Gasteiger partial charge in [0.25, 0.3) is 0 Å². The second-order valence-electron chi connectivity index (χ2n) is 9.06. The standard InChI is InChI=1S/C21H23N3.C6H8O7/c1-4-12-24-16(3)15(2)19-9-11-22-21(20(19)24)23-13-10-17-7-5-6-8-18(17)14-23;7-3(8)1-6(13,5(11)12)2-4(9)10/h4-9,11H,1,10,12-14H2,2-3H3;13H,1-2H2,(H,7,8)(H,9,10)(H,11,12). The number of pyridine rings is 1. The minimum atomic E-state index is -2.74. The molecule has 4 rings (SSSR count). The van der Waals surface area contributed by atoms with E-state index in [2.05, 4.69) is 60.2 Å². The quantitative estimate of drug-likeness (QED) is 0.335. The minimum Gasteiger partial charge on any atom is -0.481 e. The highest BCUT2D eigenvalue weighted by Gasteiger charge is 2.40. The molecule has 3 heterocycles. The third-order valence-electron chi connectivity index (χ3n) is 6.55. The number of aryl methyl sites for hydroxylation is 1. The zero-order valence-corrected chi connectivity index (χ0v) is 20.8. The number of carboxylic acid groups (broad SMARTS) is 3. The molecule has 2 aromatic heterocycles. The van der Waals surface area contributed by atoms with Gasteiger partial charge in [0.1, 0.15) is 0 Å². The van der Waals surface area contributed by atoms with Crippen LogP contribution in [0.4, 0.5) is 5.82 Å². The summed E-state index contributed by atoms with van der Waals surface area (Å²) >= 11 is 0. The summed E-state index contributed by atoms with van der Waals surface area (Å²) in [5.74, 6) is -3.92. The molecule has 0 bridgehead atoms. The topological polar surface area (TPSA) is 153 Å². The van der Waals surface area contributed by atoms with Crippen molar-refractivity contribution in [3.63, 3.8) is 0 Å². The first-order valence-electron chi connectivity index (χ1n) is 11.7. The van der Waals surface area contributed by atoms with E-state index in [4.69, 9.17) is 25.4 Å². The number of aliphatic carboxylic acids is 3. The van der Waals surface area contributed by atoms with E-state index in [0.29, 0.717) is 0 Å². The molecule has 10 heteroatoms. The Kier molecular flexibility index (Phi) is 8.34. The first-order chi connectivity index (χ1) is 17.5. The molecule has 0 saturated heterocycles. The Morgan fingerprint density at radius 2 is 1.68 bits per heavy atom. The Balaban J connectivity index is 0.000000251. The second-order valence-corrected chi connectivity index (χ2v) is 9.06. The first kappa shape index (κ1) is 27.4. The average molecular weight is 510 g/mol. The molecule has 1 aromatic carbocycles. The van der Waals surface area contributed by atoms with Crippen molar-refractivity contribution in [3.8, 4) is 0 Å². The number of aromatic nitrogens is 2. The summed E-state index contributed by atoms with van der Waals surface area (Å²) in [6, 6.07) is 10.9. The number of hydrogen-bond donors (Lipinski definition) is 4. The van der Waals surface area contributed by atoms with E-state index < -0.39 is 36.4 Å². The number of aliphatic hydroxyl groups is 1. The highest BCUT2D eigenvalue weighted by atomic mass is 16.4. The summed E-state index contributed by atoms with van der Waals surface area (Å²) in [6.45, 7) is 11.1. The summed E-state index contributed by atoms with van der Waals surface area (Å²) in [5.41, 5.74) is 4.03. The highest BCUT2D eigenvalue weighted by Crippen LogP contribution is 2.33. The number of nitrogens with zero attached hydrogens (tertiary/aromatic N) is 3. The fourth-order valence-corrected chi connectivity index (χ4v) is 4.56. The third-order valence-corrected chi connectivity index (χ3v) is 6.55. The van der Waals surface area contributed by atoms with E-state index in [1.165, 1.54) is 33.3 Å². The van der Waals surface area contributed by atoms with Crippen LogP contribution < -0.4 is 4.90 Å². The molecule has 1 aliphatic heterocycles. The van der Waals surface area contributed by atoms with E-state index in [1.807, 2.05) is 12.3 Å². The SMILES string of the molecule is C=CCn1c(C)c(C)c2ccnc(N3CCc4ccccc4C3)c21.O=C(O)CC(O)(CC(=O)O)C(=O)O. The molecular formula is C27H31N3O7. The highest BCUT2D eigenvalue weighted by molar-refractivity contribution is 5.93. The zero-order chi connectivity index (χ0) is 27.3. The number of benzene rings is 1. The van der Waals surface area contributed by atoms with Crippen LogP contribution in [-0.2, 0) is 33.9 Å². The Morgan fingerprint density at radius 3 is 2.24 bits per heavy atom. The lowest BCUT2D eigenvalue weighted by Crippen LogP contribution is -2.42. The van der Waals surface area contributed by atoms with Gasteiger partial charge in [-0.15, -0.1) is 6.58 Å². The van der Waals surface area contributed by atoms with Crippen molar-refractivity contribution in [1.82, 2.24) is 9.55 Å². The van der Waals surface area contributed by atoms with Gasteiger partial charge in [-0.05, 0) is 43.0 Å². The van der Waals surface area contributed by atoms with Gasteiger partial charge in [0, 0.05) is 36.9 Å². The molecule has 196 valence electrons. The second kappa shape index (κ2) is 11.3. The van der Waals surface area contributed by atoms with Crippen LogP contribution in [0.1, 0.15) is 35.2 Å². The summed E-state index contributed by atoms with van der Waals surface area (Å²) in [5, 5.41) is 35.1. The summed E-state index contributed by atoms with van der Waals surface area (Å²) in [4.78, 5) is 37.7. The molecular weight excluding hydrogens is 478 g/mol. The van der Waals surface area contributed by atoms with E-state index in [9.17, 15) is 14.4 Å². The average Bonchev–Trinajstić information content (AvgIpc) is 3.08. The van der Waals surface area contributed by atoms with Gasteiger partial charge in [0.15, 0.2) is 11.4 Å². The van der Waals surface area contributed by atoms with Crippen LogP contribution in [-0.4, -0.2) is 60.0 Å². The van der Waals surface area contributed by atoms with Crippen molar-refractivity contribution in [1.29, 1.82) is 0 Å². The van der Waals surface area contributed by atoms with Crippen molar-refractivity contribution in [3.05, 3.63) is 71.6 Å².